The van der Waals surface area contributed by atoms with E-state index in [9.17, 15) is 4.39 Å². The Bertz CT molecular complexity index is 301. The maximum Gasteiger partial charge on any atom is 0.142 e. The highest BCUT2D eigenvalue weighted by Gasteiger charge is 2.07. The summed E-state index contributed by atoms with van der Waals surface area (Å²) < 4.78 is 13.0. The van der Waals surface area contributed by atoms with Gasteiger partial charge in [-0.2, -0.15) is 0 Å². The van der Waals surface area contributed by atoms with Gasteiger partial charge in [0, 0.05) is 6.61 Å². The maximum atomic E-state index is 13.0. The standard InChI is InChI=1S/C11H14ClFO/c1-8(7-14)5-6-9-3-2-4-10(13)11(9)12/h2-4,8,14H,5-7H2,1H3. The molecule has 0 radical (unpaired) electrons. The number of aliphatic hydroxyl groups excluding tert-OH is 1. The summed E-state index contributed by atoms with van der Waals surface area (Å²) in [4.78, 5) is 0. The fraction of sp³-hybridized carbons (Fsp3) is 0.455. The van der Waals surface area contributed by atoms with Crippen LogP contribution in [0.25, 0.3) is 0 Å². The summed E-state index contributed by atoms with van der Waals surface area (Å²) >= 11 is 5.78. The van der Waals surface area contributed by atoms with Crippen molar-refractivity contribution in [2.75, 3.05) is 6.61 Å². The van der Waals surface area contributed by atoms with E-state index in [4.69, 9.17) is 16.7 Å². The van der Waals surface area contributed by atoms with E-state index >= 15 is 0 Å². The van der Waals surface area contributed by atoms with Crippen molar-refractivity contribution < 1.29 is 9.50 Å². The predicted molar refractivity (Wildman–Crippen MR) is 56.0 cm³/mol. The molecule has 1 aromatic carbocycles. The Balaban J connectivity index is 2.63. The number of halogens is 2. The summed E-state index contributed by atoms with van der Waals surface area (Å²) in [7, 11) is 0. The second-order valence-electron chi connectivity index (χ2n) is 3.54. The highest BCUT2D eigenvalue weighted by atomic mass is 35.5. The van der Waals surface area contributed by atoms with Crippen molar-refractivity contribution in [3.05, 3.63) is 34.6 Å². The molecule has 0 aliphatic rings. The average molecular weight is 217 g/mol. The molecule has 14 heavy (non-hydrogen) atoms. The maximum absolute atomic E-state index is 13.0. The molecule has 1 unspecified atom stereocenters. The Kier molecular flexibility index (Phi) is 4.36. The first-order valence-electron chi connectivity index (χ1n) is 4.69. The molecule has 1 N–H and O–H groups in total. The van der Waals surface area contributed by atoms with Crippen LogP contribution in [-0.4, -0.2) is 11.7 Å². The van der Waals surface area contributed by atoms with E-state index < -0.39 is 0 Å². The van der Waals surface area contributed by atoms with Crippen molar-refractivity contribution in [2.45, 2.75) is 19.8 Å². The monoisotopic (exact) mass is 216 g/mol. The molecule has 0 aromatic heterocycles. The Morgan fingerprint density at radius 3 is 2.86 bits per heavy atom. The summed E-state index contributed by atoms with van der Waals surface area (Å²) in [5.74, 6) is -0.143. The van der Waals surface area contributed by atoms with Crippen LogP contribution in [0.5, 0.6) is 0 Å². The van der Waals surface area contributed by atoms with Crippen LogP contribution >= 0.6 is 11.6 Å². The minimum absolute atomic E-state index is 0.160. The summed E-state index contributed by atoms with van der Waals surface area (Å²) in [6.07, 6.45) is 1.53. The Hall–Kier alpha value is -0.600. The summed E-state index contributed by atoms with van der Waals surface area (Å²) in [5, 5.41) is 9.04. The van der Waals surface area contributed by atoms with Gasteiger partial charge in [0.15, 0.2) is 0 Å². The van der Waals surface area contributed by atoms with E-state index in [0.717, 1.165) is 12.0 Å². The lowest BCUT2D eigenvalue weighted by Crippen LogP contribution is -2.02. The van der Waals surface area contributed by atoms with Crippen molar-refractivity contribution in [2.24, 2.45) is 5.92 Å². The second kappa shape index (κ2) is 5.32. The van der Waals surface area contributed by atoms with E-state index in [1.807, 2.05) is 13.0 Å². The zero-order valence-electron chi connectivity index (χ0n) is 8.13. The molecular weight excluding hydrogens is 203 g/mol. The first kappa shape index (κ1) is 11.5. The Labute approximate surface area is 88.5 Å². The van der Waals surface area contributed by atoms with Crippen LogP contribution < -0.4 is 0 Å². The van der Waals surface area contributed by atoms with Crippen molar-refractivity contribution in [1.82, 2.24) is 0 Å². The molecule has 0 saturated heterocycles. The predicted octanol–water partition coefficient (Wildman–Crippen LogP) is 3.04. The molecule has 0 spiro atoms. The molecule has 0 saturated carbocycles. The molecule has 1 atom stereocenters. The summed E-state index contributed by atoms with van der Waals surface area (Å²) in [6, 6.07) is 4.82. The first-order chi connectivity index (χ1) is 6.65. The minimum Gasteiger partial charge on any atom is -0.396 e. The summed E-state index contributed by atoms with van der Waals surface area (Å²) in [5.41, 5.74) is 0.812. The van der Waals surface area contributed by atoms with Crippen molar-refractivity contribution >= 4 is 11.6 Å². The van der Waals surface area contributed by atoms with E-state index in [0.29, 0.717) is 6.42 Å². The molecular formula is C11H14ClFO. The largest absolute Gasteiger partial charge is 0.396 e. The van der Waals surface area contributed by atoms with Gasteiger partial charge >= 0.3 is 0 Å². The molecule has 0 bridgehead atoms. The van der Waals surface area contributed by atoms with Gasteiger partial charge in [0.05, 0.1) is 5.02 Å². The van der Waals surface area contributed by atoms with E-state index in [2.05, 4.69) is 0 Å². The minimum atomic E-state index is -0.374. The van der Waals surface area contributed by atoms with Crippen molar-refractivity contribution in [3.8, 4) is 0 Å². The van der Waals surface area contributed by atoms with Crippen LogP contribution in [0.1, 0.15) is 18.9 Å². The third kappa shape index (κ3) is 2.96. The zero-order chi connectivity index (χ0) is 10.6. The Morgan fingerprint density at radius 2 is 2.21 bits per heavy atom. The van der Waals surface area contributed by atoms with Gasteiger partial charge in [0.2, 0.25) is 0 Å². The zero-order valence-corrected chi connectivity index (χ0v) is 8.89. The molecule has 0 fully saturated rings. The van der Waals surface area contributed by atoms with Crippen LogP contribution in [-0.2, 0) is 6.42 Å². The lowest BCUT2D eigenvalue weighted by Gasteiger charge is -2.08. The van der Waals surface area contributed by atoms with Gasteiger partial charge in [0.1, 0.15) is 5.82 Å². The van der Waals surface area contributed by atoms with E-state index in [-0.39, 0.29) is 23.4 Å². The molecule has 0 amide bonds. The van der Waals surface area contributed by atoms with Crippen molar-refractivity contribution in [3.63, 3.8) is 0 Å². The van der Waals surface area contributed by atoms with Gasteiger partial charge in [-0.3, -0.25) is 0 Å². The Morgan fingerprint density at radius 1 is 1.50 bits per heavy atom. The molecule has 1 aromatic rings. The average Bonchev–Trinajstić information content (AvgIpc) is 2.20. The number of aliphatic hydroxyl groups is 1. The smallest absolute Gasteiger partial charge is 0.142 e. The molecule has 0 aliphatic heterocycles. The second-order valence-corrected chi connectivity index (χ2v) is 3.92. The molecule has 1 nitrogen and oxygen atoms in total. The number of aryl methyl sites for hydroxylation is 1. The van der Waals surface area contributed by atoms with E-state index in [1.54, 1.807) is 6.07 Å². The van der Waals surface area contributed by atoms with Crippen LogP contribution in [0.4, 0.5) is 4.39 Å². The van der Waals surface area contributed by atoms with Gasteiger partial charge in [-0.1, -0.05) is 30.7 Å². The van der Waals surface area contributed by atoms with E-state index in [1.165, 1.54) is 6.07 Å². The van der Waals surface area contributed by atoms with Gasteiger partial charge in [-0.15, -0.1) is 0 Å². The SMILES string of the molecule is CC(CO)CCc1cccc(F)c1Cl. The normalized spacial score (nSPS) is 12.9. The number of hydrogen-bond acceptors (Lipinski definition) is 1. The quantitative estimate of drug-likeness (QED) is 0.820. The topological polar surface area (TPSA) is 20.2 Å². The molecule has 0 aliphatic carbocycles. The highest BCUT2D eigenvalue weighted by Crippen LogP contribution is 2.21. The fourth-order valence-electron chi connectivity index (χ4n) is 1.23. The molecule has 1 rings (SSSR count). The summed E-state index contributed by atoms with van der Waals surface area (Å²) in [6.45, 7) is 2.11. The fourth-order valence-corrected chi connectivity index (χ4v) is 1.46. The lowest BCUT2D eigenvalue weighted by molar-refractivity contribution is 0.230. The van der Waals surface area contributed by atoms with Gasteiger partial charge < -0.3 is 5.11 Å². The van der Waals surface area contributed by atoms with Gasteiger partial charge in [-0.05, 0) is 30.4 Å². The number of hydrogen-bond donors (Lipinski definition) is 1. The first-order valence-corrected chi connectivity index (χ1v) is 5.06. The van der Waals surface area contributed by atoms with Gasteiger partial charge in [-0.25, -0.2) is 4.39 Å². The number of benzene rings is 1. The number of rotatable bonds is 4. The third-order valence-corrected chi connectivity index (χ3v) is 2.67. The molecule has 78 valence electrons. The van der Waals surface area contributed by atoms with Crippen LogP contribution in [0.2, 0.25) is 5.02 Å². The van der Waals surface area contributed by atoms with Crippen LogP contribution in [0.3, 0.4) is 0 Å². The highest BCUT2D eigenvalue weighted by molar-refractivity contribution is 6.31. The lowest BCUT2D eigenvalue weighted by atomic mass is 10.0. The molecule has 0 heterocycles. The van der Waals surface area contributed by atoms with Crippen LogP contribution in [0.15, 0.2) is 18.2 Å². The molecule has 3 heteroatoms. The van der Waals surface area contributed by atoms with Crippen LogP contribution in [0, 0.1) is 11.7 Å². The van der Waals surface area contributed by atoms with Gasteiger partial charge in [0.25, 0.3) is 0 Å². The van der Waals surface area contributed by atoms with Crippen molar-refractivity contribution in [1.29, 1.82) is 0 Å². The third-order valence-electron chi connectivity index (χ3n) is 2.25.